The Kier molecular flexibility index (Phi) is 15.0. The molecule has 1 aromatic rings. The third-order valence-electron chi connectivity index (χ3n) is 8.29. The number of amides is 1. The van der Waals surface area contributed by atoms with Gasteiger partial charge >= 0.3 is 0 Å². The lowest BCUT2D eigenvalue weighted by molar-refractivity contribution is -0.127. The maximum Gasteiger partial charge on any atom is 0.224 e. The van der Waals surface area contributed by atoms with E-state index in [1.165, 1.54) is 48.1 Å². The van der Waals surface area contributed by atoms with Gasteiger partial charge in [0.15, 0.2) is 0 Å². The van der Waals surface area contributed by atoms with Crippen molar-refractivity contribution in [2.24, 2.45) is 23.7 Å². The molecule has 5 nitrogen and oxygen atoms in total. The fourth-order valence-electron chi connectivity index (χ4n) is 5.52. The van der Waals surface area contributed by atoms with Crippen molar-refractivity contribution in [3.8, 4) is 0 Å². The van der Waals surface area contributed by atoms with E-state index in [0.29, 0.717) is 23.8 Å². The molecule has 3 unspecified atom stereocenters. The average Bonchev–Trinajstić information content (AvgIpc) is 3.78. The lowest BCUT2D eigenvalue weighted by Crippen LogP contribution is -2.49. The number of ether oxygens (including phenoxy) is 1. The minimum Gasteiger partial charge on any atom is -0.385 e. The van der Waals surface area contributed by atoms with E-state index in [1.807, 2.05) is 0 Å². The van der Waals surface area contributed by atoms with Gasteiger partial charge in [-0.3, -0.25) is 4.79 Å². The molecule has 0 radical (unpaired) electrons. The number of rotatable bonds is 14. The molecular formula is C35H59N3O2. The van der Waals surface area contributed by atoms with Crippen molar-refractivity contribution >= 4 is 11.5 Å². The smallest absolute Gasteiger partial charge is 0.224 e. The van der Waals surface area contributed by atoms with Crippen LogP contribution in [0.2, 0.25) is 0 Å². The van der Waals surface area contributed by atoms with Crippen LogP contribution in [0.15, 0.2) is 42.6 Å². The first-order valence-corrected chi connectivity index (χ1v) is 15.8. The van der Waals surface area contributed by atoms with Crippen molar-refractivity contribution in [1.82, 2.24) is 15.5 Å². The number of hydrogen-bond donors (Lipinski definition) is 2. The maximum absolute atomic E-state index is 13.2. The Morgan fingerprint density at radius 2 is 1.85 bits per heavy atom. The number of nitrogens with zero attached hydrogens (tertiary/aromatic N) is 1. The van der Waals surface area contributed by atoms with Crippen molar-refractivity contribution in [3.63, 3.8) is 0 Å². The van der Waals surface area contributed by atoms with Gasteiger partial charge in [-0.15, -0.1) is 0 Å². The van der Waals surface area contributed by atoms with E-state index >= 15 is 0 Å². The minimum absolute atomic E-state index is 0.00233. The van der Waals surface area contributed by atoms with E-state index < -0.39 is 0 Å². The zero-order chi connectivity index (χ0) is 29.7. The minimum atomic E-state index is 0.00233. The van der Waals surface area contributed by atoms with E-state index in [2.05, 4.69) is 101 Å². The van der Waals surface area contributed by atoms with Gasteiger partial charge < -0.3 is 20.3 Å². The van der Waals surface area contributed by atoms with Gasteiger partial charge in [-0.05, 0) is 74.5 Å². The number of carbonyl (C=O) groups is 1. The molecule has 1 saturated heterocycles. The molecule has 226 valence electrons. The van der Waals surface area contributed by atoms with Crippen molar-refractivity contribution in [3.05, 3.63) is 53.7 Å². The number of nitrogens with one attached hydrogen (secondary N) is 2. The number of allylic oxidation sites excluding steroid dienone is 1. The molecule has 0 bridgehead atoms. The Morgan fingerprint density at radius 1 is 1.18 bits per heavy atom. The summed E-state index contributed by atoms with van der Waals surface area (Å²) in [5, 5.41) is 6.93. The molecular weight excluding hydrogens is 494 g/mol. The predicted octanol–water partition coefficient (Wildman–Crippen LogP) is 7.22. The molecule has 2 N–H and O–H groups in total. The Balaban J connectivity index is 0.000000840. The second-order valence-electron chi connectivity index (χ2n) is 12.6. The maximum atomic E-state index is 13.2. The van der Waals surface area contributed by atoms with Crippen molar-refractivity contribution in [2.75, 3.05) is 33.4 Å². The molecule has 3 rings (SSSR count). The first-order valence-electron chi connectivity index (χ1n) is 15.8. The molecule has 3 atom stereocenters. The van der Waals surface area contributed by atoms with Crippen LogP contribution in [-0.4, -0.2) is 56.2 Å². The second kappa shape index (κ2) is 17.6. The molecule has 2 fully saturated rings. The van der Waals surface area contributed by atoms with Crippen LogP contribution in [-0.2, 0) is 9.53 Å². The standard InChI is InChI=1S/C30H47N3O.C5H12O/c1-8-24(28-12-10-9-11-22(28)6)19-33(27-13-14-27)23(7)25-16-26(18-31-17-25)30(34)32-29(21(4)5)15-20(2)3;1-3-4-5-6-2/h8-12,20-21,25-27,29,31H,7,13-19H2,1-6H3,(H,32,34);3-5H2,1-2H3/b24-8-;. The van der Waals surface area contributed by atoms with Gasteiger partial charge in [0.05, 0.1) is 5.92 Å². The number of benzene rings is 1. The Bertz CT molecular complexity index is 930. The van der Waals surface area contributed by atoms with E-state index in [9.17, 15) is 4.79 Å². The van der Waals surface area contributed by atoms with E-state index in [4.69, 9.17) is 4.74 Å². The van der Waals surface area contributed by atoms with E-state index in [-0.39, 0.29) is 17.9 Å². The average molecular weight is 554 g/mol. The number of methoxy groups -OCH3 is 1. The highest BCUT2D eigenvalue weighted by Gasteiger charge is 2.36. The predicted molar refractivity (Wildman–Crippen MR) is 171 cm³/mol. The van der Waals surface area contributed by atoms with Gasteiger partial charge in [0.25, 0.3) is 0 Å². The van der Waals surface area contributed by atoms with E-state index in [0.717, 1.165) is 39.1 Å². The summed E-state index contributed by atoms with van der Waals surface area (Å²) >= 11 is 0. The van der Waals surface area contributed by atoms with Gasteiger partial charge in [0.2, 0.25) is 5.91 Å². The number of piperidine rings is 1. The summed E-state index contributed by atoms with van der Waals surface area (Å²) in [4.78, 5) is 15.8. The SMILES string of the molecule is C=C(C1CNCC(C(=O)NC(CC(C)C)C(C)C)C1)N(C/C(=C/C)c1ccccc1C)C1CC1.CCCCOC. The monoisotopic (exact) mass is 553 g/mol. The molecule has 1 aliphatic carbocycles. The summed E-state index contributed by atoms with van der Waals surface area (Å²) < 4.78 is 4.78. The van der Waals surface area contributed by atoms with Crippen LogP contribution >= 0.6 is 0 Å². The van der Waals surface area contributed by atoms with Crippen LogP contribution in [0, 0.1) is 30.6 Å². The fraction of sp³-hybridized carbons (Fsp3) is 0.686. The van der Waals surface area contributed by atoms with Crippen LogP contribution in [0.1, 0.15) is 91.2 Å². The third kappa shape index (κ3) is 11.0. The molecule has 2 aliphatic rings. The summed E-state index contributed by atoms with van der Waals surface area (Å²) in [5.74, 6) is 1.52. The first kappa shape index (κ1) is 34.1. The number of aryl methyl sites for hydroxylation is 1. The zero-order valence-electron chi connectivity index (χ0n) is 26.9. The van der Waals surface area contributed by atoms with Crippen LogP contribution in [0.25, 0.3) is 5.57 Å². The summed E-state index contributed by atoms with van der Waals surface area (Å²) in [7, 11) is 1.73. The van der Waals surface area contributed by atoms with Gasteiger partial charge in [-0.2, -0.15) is 0 Å². The molecule has 1 heterocycles. The van der Waals surface area contributed by atoms with Gasteiger partial charge in [0, 0.05) is 57.0 Å². The second-order valence-corrected chi connectivity index (χ2v) is 12.6. The van der Waals surface area contributed by atoms with Crippen LogP contribution in [0.5, 0.6) is 0 Å². The topological polar surface area (TPSA) is 53.6 Å². The van der Waals surface area contributed by atoms with Crippen molar-refractivity contribution < 1.29 is 9.53 Å². The summed E-state index contributed by atoms with van der Waals surface area (Å²) in [6, 6.07) is 9.46. The number of hydrogen-bond acceptors (Lipinski definition) is 4. The quantitative estimate of drug-likeness (QED) is 0.239. The summed E-state index contributed by atoms with van der Waals surface area (Å²) in [6.45, 7) is 23.4. The van der Waals surface area contributed by atoms with Crippen molar-refractivity contribution in [2.45, 2.75) is 99.1 Å². The number of unbranched alkanes of at least 4 members (excludes halogenated alkanes) is 1. The van der Waals surface area contributed by atoms with Crippen molar-refractivity contribution in [1.29, 1.82) is 0 Å². The number of carbonyl (C=O) groups excluding carboxylic acids is 1. The van der Waals surface area contributed by atoms with Crippen LogP contribution in [0.4, 0.5) is 0 Å². The normalized spacial score (nSPS) is 20.1. The highest BCUT2D eigenvalue weighted by atomic mass is 16.5. The molecule has 1 saturated carbocycles. The largest absolute Gasteiger partial charge is 0.385 e. The molecule has 1 aromatic carbocycles. The van der Waals surface area contributed by atoms with Gasteiger partial charge in [0.1, 0.15) is 0 Å². The highest BCUT2D eigenvalue weighted by Crippen LogP contribution is 2.36. The van der Waals surface area contributed by atoms with E-state index in [1.54, 1.807) is 7.11 Å². The van der Waals surface area contributed by atoms with Crippen LogP contribution in [0.3, 0.4) is 0 Å². The fourth-order valence-corrected chi connectivity index (χ4v) is 5.52. The summed E-state index contributed by atoms with van der Waals surface area (Å²) in [6.07, 6.45) is 9.05. The Labute approximate surface area is 246 Å². The van der Waals surface area contributed by atoms with Gasteiger partial charge in [-0.1, -0.05) is 78.0 Å². The lowest BCUT2D eigenvalue weighted by Gasteiger charge is -2.38. The molecule has 5 heteroatoms. The highest BCUT2D eigenvalue weighted by molar-refractivity contribution is 5.79. The Morgan fingerprint density at radius 3 is 2.38 bits per heavy atom. The molecule has 0 spiro atoms. The van der Waals surface area contributed by atoms with Crippen LogP contribution < -0.4 is 10.6 Å². The molecule has 40 heavy (non-hydrogen) atoms. The van der Waals surface area contributed by atoms with Gasteiger partial charge in [-0.25, -0.2) is 0 Å². The summed E-state index contributed by atoms with van der Waals surface area (Å²) in [5.41, 5.74) is 5.20. The Hall–Kier alpha value is -2.11. The third-order valence-corrected chi connectivity index (χ3v) is 8.29. The zero-order valence-corrected chi connectivity index (χ0v) is 26.9. The first-order chi connectivity index (χ1) is 19.1. The molecule has 0 aromatic heterocycles. The molecule has 1 aliphatic heterocycles. The molecule has 1 amide bonds. The lowest BCUT2D eigenvalue weighted by atomic mass is 9.86.